The molecule has 0 aromatic carbocycles. The molecule has 2 N–H and O–H groups in total. The summed E-state index contributed by atoms with van der Waals surface area (Å²) in [7, 11) is 0. The average Bonchev–Trinajstić information content (AvgIpc) is 1.79. The Balaban J connectivity index is 2.09. The van der Waals surface area contributed by atoms with Crippen LogP contribution in [0.5, 0.6) is 0 Å². The van der Waals surface area contributed by atoms with Crippen LogP contribution in [0.15, 0.2) is 0 Å². The molecule has 1 heterocycles. The van der Waals surface area contributed by atoms with Crippen molar-refractivity contribution in [2.75, 3.05) is 13.1 Å². The van der Waals surface area contributed by atoms with Crippen molar-refractivity contribution in [3.63, 3.8) is 0 Å². The molecule has 1 fully saturated rings. The zero-order valence-corrected chi connectivity index (χ0v) is 5.98. The normalized spacial score (nSPS) is 23.3. The molecule has 0 aliphatic carbocycles. The third-order valence-corrected chi connectivity index (χ3v) is 1.90. The van der Waals surface area contributed by atoms with Crippen molar-refractivity contribution >= 4 is 0 Å². The molecular weight excluding hydrogens is 114 g/mol. The van der Waals surface area contributed by atoms with Crippen molar-refractivity contribution in [2.45, 2.75) is 31.8 Å². The molecule has 0 atom stereocenters. The molecule has 1 aliphatic rings. The Morgan fingerprint density at radius 1 is 1.56 bits per heavy atom. The summed E-state index contributed by atoms with van der Waals surface area (Å²) in [5, 5.41) is 12.5. The summed E-state index contributed by atoms with van der Waals surface area (Å²) < 4.78 is 0. The van der Waals surface area contributed by atoms with Crippen LogP contribution in [-0.2, 0) is 0 Å². The molecule has 9 heavy (non-hydrogen) atoms. The average molecular weight is 129 g/mol. The molecule has 0 spiro atoms. The van der Waals surface area contributed by atoms with E-state index in [9.17, 15) is 5.11 Å². The fraction of sp³-hybridized carbons (Fsp3) is 1.00. The minimum absolute atomic E-state index is 0.337. The number of unbranched alkanes of at least 4 members (excludes halogenated alkanes) is 1. The van der Waals surface area contributed by atoms with Gasteiger partial charge in [-0.15, -0.1) is 0 Å². The van der Waals surface area contributed by atoms with Crippen molar-refractivity contribution in [1.82, 2.24) is 5.32 Å². The quantitative estimate of drug-likeness (QED) is 0.582. The number of nitrogens with one attached hydrogen (secondary N) is 1. The standard InChI is InChI=1S/C7H15NO/c1-2-3-4-7(9)5-8-6-7/h8-9H,2-6H2,1H3. The van der Waals surface area contributed by atoms with Gasteiger partial charge in [-0.3, -0.25) is 0 Å². The number of hydrogen-bond acceptors (Lipinski definition) is 2. The van der Waals surface area contributed by atoms with E-state index in [-0.39, 0.29) is 5.60 Å². The second kappa shape index (κ2) is 2.67. The van der Waals surface area contributed by atoms with E-state index in [4.69, 9.17) is 0 Å². The van der Waals surface area contributed by atoms with Crippen molar-refractivity contribution in [3.05, 3.63) is 0 Å². The zero-order valence-electron chi connectivity index (χ0n) is 5.98. The molecule has 1 rings (SSSR count). The highest BCUT2D eigenvalue weighted by Crippen LogP contribution is 2.17. The van der Waals surface area contributed by atoms with E-state index in [1.807, 2.05) is 0 Å². The second-order valence-corrected chi connectivity index (χ2v) is 2.93. The summed E-state index contributed by atoms with van der Waals surface area (Å²) >= 11 is 0. The molecule has 54 valence electrons. The van der Waals surface area contributed by atoms with Gasteiger partial charge in [-0.05, 0) is 6.42 Å². The Kier molecular flexibility index (Phi) is 2.09. The predicted molar refractivity (Wildman–Crippen MR) is 37.3 cm³/mol. The van der Waals surface area contributed by atoms with Crippen LogP contribution in [0.25, 0.3) is 0 Å². The van der Waals surface area contributed by atoms with Gasteiger partial charge in [0.1, 0.15) is 0 Å². The molecule has 0 unspecified atom stereocenters. The number of aliphatic hydroxyl groups is 1. The summed E-state index contributed by atoms with van der Waals surface area (Å²) in [5.41, 5.74) is -0.337. The van der Waals surface area contributed by atoms with Gasteiger partial charge in [0.05, 0.1) is 5.60 Å². The van der Waals surface area contributed by atoms with Crippen LogP contribution >= 0.6 is 0 Å². The lowest BCUT2D eigenvalue weighted by molar-refractivity contribution is -0.0187. The summed E-state index contributed by atoms with van der Waals surface area (Å²) in [6.45, 7) is 3.75. The van der Waals surface area contributed by atoms with Crippen molar-refractivity contribution < 1.29 is 5.11 Å². The Labute approximate surface area is 56.3 Å². The van der Waals surface area contributed by atoms with E-state index < -0.39 is 0 Å². The van der Waals surface area contributed by atoms with Crippen LogP contribution in [-0.4, -0.2) is 23.8 Å². The highest BCUT2D eigenvalue weighted by molar-refractivity contribution is 4.91. The molecule has 2 nitrogen and oxygen atoms in total. The maximum atomic E-state index is 9.48. The van der Waals surface area contributed by atoms with Gasteiger partial charge < -0.3 is 10.4 Å². The molecule has 0 aromatic heterocycles. The van der Waals surface area contributed by atoms with E-state index in [1.165, 1.54) is 6.42 Å². The van der Waals surface area contributed by atoms with E-state index in [2.05, 4.69) is 12.2 Å². The van der Waals surface area contributed by atoms with Gasteiger partial charge in [0.15, 0.2) is 0 Å². The first-order chi connectivity index (χ1) is 4.27. The lowest BCUT2D eigenvalue weighted by atomic mass is 9.91. The first-order valence-corrected chi connectivity index (χ1v) is 3.70. The molecule has 2 heteroatoms. The van der Waals surface area contributed by atoms with E-state index in [1.54, 1.807) is 0 Å². The molecular formula is C7H15NO. The number of β-amino-alcohol motifs (C(OH)–C–C–N with tert-alkyl or cyclic N) is 1. The Hall–Kier alpha value is -0.0800. The van der Waals surface area contributed by atoms with E-state index >= 15 is 0 Å². The molecule has 0 aromatic rings. The van der Waals surface area contributed by atoms with Crippen molar-refractivity contribution in [3.8, 4) is 0 Å². The second-order valence-electron chi connectivity index (χ2n) is 2.93. The van der Waals surface area contributed by atoms with Gasteiger partial charge >= 0.3 is 0 Å². The Morgan fingerprint density at radius 2 is 2.22 bits per heavy atom. The van der Waals surface area contributed by atoms with Crippen LogP contribution in [0.2, 0.25) is 0 Å². The van der Waals surface area contributed by atoms with E-state index in [0.29, 0.717) is 0 Å². The molecule has 0 amide bonds. The number of hydrogen-bond donors (Lipinski definition) is 2. The van der Waals surface area contributed by atoms with Gasteiger partial charge in [0.2, 0.25) is 0 Å². The first-order valence-electron chi connectivity index (χ1n) is 3.70. The maximum Gasteiger partial charge on any atom is 0.0895 e. The maximum absolute atomic E-state index is 9.48. The third-order valence-electron chi connectivity index (χ3n) is 1.90. The summed E-state index contributed by atoms with van der Waals surface area (Å²) in [5.74, 6) is 0. The van der Waals surface area contributed by atoms with Crippen LogP contribution in [0.4, 0.5) is 0 Å². The molecule has 1 saturated heterocycles. The topological polar surface area (TPSA) is 32.3 Å². The van der Waals surface area contributed by atoms with Crippen LogP contribution in [0, 0.1) is 0 Å². The molecule has 1 aliphatic heterocycles. The van der Waals surface area contributed by atoms with Crippen molar-refractivity contribution in [1.29, 1.82) is 0 Å². The Bertz CT molecular complexity index is 88.9. The molecule has 0 bridgehead atoms. The zero-order chi connectivity index (χ0) is 6.74. The van der Waals surface area contributed by atoms with Gasteiger partial charge in [0.25, 0.3) is 0 Å². The summed E-state index contributed by atoms with van der Waals surface area (Å²) in [4.78, 5) is 0. The fourth-order valence-corrected chi connectivity index (χ4v) is 1.10. The highest BCUT2D eigenvalue weighted by atomic mass is 16.3. The lowest BCUT2D eigenvalue weighted by Crippen LogP contribution is -2.59. The first kappa shape index (κ1) is 7.03. The SMILES string of the molecule is CCCCC1(O)CNC1. The highest BCUT2D eigenvalue weighted by Gasteiger charge is 2.32. The van der Waals surface area contributed by atoms with Gasteiger partial charge in [0, 0.05) is 13.1 Å². The predicted octanol–water partition coefficient (Wildman–Crippen LogP) is 0.511. The van der Waals surface area contributed by atoms with Crippen LogP contribution in [0.1, 0.15) is 26.2 Å². The summed E-state index contributed by atoms with van der Waals surface area (Å²) in [6, 6.07) is 0. The van der Waals surface area contributed by atoms with E-state index in [0.717, 1.165) is 25.9 Å². The van der Waals surface area contributed by atoms with Crippen LogP contribution < -0.4 is 5.32 Å². The Morgan fingerprint density at radius 3 is 2.56 bits per heavy atom. The minimum Gasteiger partial charge on any atom is -0.387 e. The lowest BCUT2D eigenvalue weighted by Gasteiger charge is -2.37. The molecule has 0 radical (unpaired) electrons. The summed E-state index contributed by atoms with van der Waals surface area (Å²) in [6.07, 6.45) is 3.30. The molecule has 0 saturated carbocycles. The van der Waals surface area contributed by atoms with Gasteiger partial charge in [-0.25, -0.2) is 0 Å². The monoisotopic (exact) mass is 129 g/mol. The largest absolute Gasteiger partial charge is 0.387 e. The minimum atomic E-state index is -0.337. The smallest absolute Gasteiger partial charge is 0.0895 e. The fourth-order valence-electron chi connectivity index (χ4n) is 1.10. The number of rotatable bonds is 3. The van der Waals surface area contributed by atoms with Crippen LogP contribution in [0.3, 0.4) is 0 Å². The van der Waals surface area contributed by atoms with Crippen molar-refractivity contribution in [2.24, 2.45) is 0 Å². The van der Waals surface area contributed by atoms with Gasteiger partial charge in [-0.1, -0.05) is 19.8 Å². The third kappa shape index (κ3) is 1.66. The van der Waals surface area contributed by atoms with Gasteiger partial charge in [-0.2, -0.15) is 0 Å².